The van der Waals surface area contributed by atoms with Crippen LogP contribution in [0.3, 0.4) is 0 Å². The van der Waals surface area contributed by atoms with Gasteiger partial charge in [0.2, 0.25) is 17.6 Å². The zero-order valence-corrected chi connectivity index (χ0v) is 16.0. The number of benzene rings is 2. The Hall–Kier alpha value is -3.36. The molecule has 1 saturated heterocycles. The molecule has 1 atom stereocenters. The number of methoxy groups -OCH3 is 1. The average Bonchev–Trinajstić information content (AvgIpc) is 3.35. The minimum Gasteiger partial charge on any atom is -0.497 e. The maximum atomic E-state index is 12.7. The molecule has 6 nitrogen and oxygen atoms in total. The van der Waals surface area contributed by atoms with Crippen LogP contribution in [0, 0.1) is 0 Å². The van der Waals surface area contributed by atoms with Gasteiger partial charge in [0, 0.05) is 18.5 Å². The molecule has 1 amide bonds. The Balaban J connectivity index is 1.53. The normalized spacial score (nSPS) is 16.9. The third-order valence-corrected chi connectivity index (χ3v) is 5.04. The average molecular weight is 417 g/mol. The summed E-state index contributed by atoms with van der Waals surface area (Å²) in [5, 5.41) is 3.89. The highest BCUT2D eigenvalue weighted by atomic mass is 19.4. The molecule has 4 rings (SSSR count). The van der Waals surface area contributed by atoms with Crippen LogP contribution in [0.1, 0.15) is 35.9 Å². The van der Waals surface area contributed by atoms with E-state index in [-0.39, 0.29) is 23.7 Å². The zero-order valence-electron chi connectivity index (χ0n) is 16.0. The molecule has 0 N–H and O–H groups in total. The van der Waals surface area contributed by atoms with Crippen LogP contribution in [0.4, 0.5) is 13.2 Å². The maximum absolute atomic E-state index is 12.7. The lowest BCUT2D eigenvalue weighted by molar-refractivity contribution is -0.137. The minimum absolute atomic E-state index is 0.0231. The van der Waals surface area contributed by atoms with Gasteiger partial charge in [-0.3, -0.25) is 4.79 Å². The van der Waals surface area contributed by atoms with E-state index in [2.05, 4.69) is 10.1 Å². The van der Waals surface area contributed by atoms with E-state index in [1.54, 1.807) is 12.0 Å². The van der Waals surface area contributed by atoms with Crippen molar-refractivity contribution in [3.8, 4) is 17.1 Å². The molecular formula is C21H18F3N3O3. The standard InChI is InChI=1S/C21H18F3N3O3/c1-29-16-8-2-13(3-9-16)12-27-17(10-11-18(27)28)20-25-19(26-30-20)14-4-6-15(7-5-14)21(22,23)24/h2-9,17H,10-12H2,1H3. The lowest BCUT2D eigenvalue weighted by atomic mass is 10.1. The summed E-state index contributed by atoms with van der Waals surface area (Å²) in [5.74, 6) is 1.15. The van der Waals surface area contributed by atoms with Gasteiger partial charge in [-0.25, -0.2) is 0 Å². The number of ether oxygens (including phenoxy) is 1. The Morgan fingerprint density at radius 3 is 2.47 bits per heavy atom. The number of amides is 1. The van der Waals surface area contributed by atoms with E-state index in [0.29, 0.717) is 24.9 Å². The van der Waals surface area contributed by atoms with Crippen LogP contribution < -0.4 is 4.74 Å². The molecule has 156 valence electrons. The third-order valence-electron chi connectivity index (χ3n) is 5.04. The van der Waals surface area contributed by atoms with Crippen molar-refractivity contribution < 1.29 is 27.2 Å². The van der Waals surface area contributed by atoms with Crippen LogP contribution in [-0.4, -0.2) is 28.1 Å². The van der Waals surface area contributed by atoms with Crippen LogP contribution >= 0.6 is 0 Å². The number of hydrogen-bond donors (Lipinski definition) is 0. The molecule has 2 heterocycles. The highest BCUT2D eigenvalue weighted by molar-refractivity contribution is 5.78. The van der Waals surface area contributed by atoms with Crippen LogP contribution in [-0.2, 0) is 17.5 Å². The molecule has 3 aromatic rings. The number of rotatable bonds is 5. The molecule has 0 aliphatic carbocycles. The molecule has 0 bridgehead atoms. The second-order valence-electron chi connectivity index (χ2n) is 6.96. The summed E-state index contributed by atoms with van der Waals surface area (Å²) in [6.45, 7) is 0.380. The first-order valence-electron chi connectivity index (χ1n) is 9.29. The monoisotopic (exact) mass is 417 g/mol. The van der Waals surface area contributed by atoms with Crippen LogP contribution in [0.15, 0.2) is 53.1 Å². The summed E-state index contributed by atoms with van der Waals surface area (Å²) in [4.78, 5) is 18.4. The van der Waals surface area contributed by atoms with Crippen LogP contribution in [0.2, 0.25) is 0 Å². The van der Waals surface area contributed by atoms with Gasteiger partial charge in [-0.2, -0.15) is 18.2 Å². The summed E-state index contributed by atoms with van der Waals surface area (Å²) >= 11 is 0. The van der Waals surface area contributed by atoms with E-state index in [0.717, 1.165) is 23.4 Å². The van der Waals surface area contributed by atoms with Gasteiger partial charge >= 0.3 is 6.18 Å². The Morgan fingerprint density at radius 1 is 1.13 bits per heavy atom. The maximum Gasteiger partial charge on any atom is 0.416 e. The van der Waals surface area contributed by atoms with Crippen LogP contribution in [0.25, 0.3) is 11.4 Å². The largest absolute Gasteiger partial charge is 0.497 e. The van der Waals surface area contributed by atoms with Crippen molar-refractivity contribution in [3.63, 3.8) is 0 Å². The number of halogens is 3. The minimum atomic E-state index is -4.41. The molecule has 1 aliphatic rings. The van der Waals surface area contributed by atoms with E-state index in [4.69, 9.17) is 9.26 Å². The van der Waals surface area contributed by atoms with Crippen molar-refractivity contribution in [2.24, 2.45) is 0 Å². The van der Waals surface area contributed by atoms with E-state index in [1.165, 1.54) is 12.1 Å². The third kappa shape index (κ3) is 4.00. The number of hydrogen-bond acceptors (Lipinski definition) is 5. The number of carbonyl (C=O) groups is 1. The summed E-state index contributed by atoms with van der Waals surface area (Å²) in [6, 6.07) is 11.6. The van der Waals surface area contributed by atoms with Gasteiger partial charge in [-0.05, 0) is 36.2 Å². The van der Waals surface area contributed by atoms with Crippen molar-refractivity contribution in [2.45, 2.75) is 31.6 Å². The summed E-state index contributed by atoms with van der Waals surface area (Å²) in [7, 11) is 1.58. The van der Waals surface area contributed by atoms with Gasteiger partial charge in [-0.1, -0.05) is 29.4 Å². The number of carbonyl (C=O) groups excluding carboxylic acids is 1. The first kappa shape index (κ1) is 19.9. The molecule has 0 saturated carbocycles. The quantitative estimate of drug-likeness (QED) is 0.606. The topological polar surface area (TPSA) is 68.5 Å². The van der Waals surface area contributed by atoms with Gasteiger partial charge < -0.3 is 14.2 Å². The van der Waals surface area contributed by atoms with Gasteiger partial charge in [0.05, 0.1) is 12.7 Å². The predicted molar refractivity (Wildman–Crippen MR) is 100 cm³/mol. The SMILES string of the molecule is COc1ccc(CN2C(=O)CCC2c2nc(-c3ccc(C(F)(F)F)cc3)no2)cc1. The lowest BCUT2D eigenvalue weighted by Crippen LogP contribution is -2.27. The van der Waals surface area contributed by atoms with Crippen molar-refractivity contribution >= 4 is 5.91 Å². The van der Waals surface area contributed by atoms with E-state index in [1.807, 2.05) is 24.3 Å². The molecule has 30 heavy (non-hydrogen) atoms. The molecular weight excluding hydrogens is 399 g/mol. The second kappa shape index (κ2) is 7.81. The highest BCUT2D eigenvalue weighted by Crippen LogP contribution is 2.35. The fourth-order valence-corrected chi connectivity index (χ4v) is 3.41. The number of aromatic nitrogens is 2. The number of nitrogens with zero attached hydrogens (tertiary/aromatic N) is 3. The summed E-state index contributed by atoms with van der Waals surface area (Å²) in [5.41, 5.74) is 0.588. The Kier molecular flexibility index (Phi) is 5.19. The van der Waals surface area contributed by atoms with Gasteiger partial charge in [0.1, 0.15) is 11.8 Å². The summed E-state index contributed by atoms with van der Waals surface area (Å²) < 4.78 is 48.7. The Morgan fingerprint density at radius 2 is 1.83 bits per heavy atom. The molecule has 1 aliphatic heterocycles. The molecule has 1 unspecified atom stereocenters. The zero-order chi connectivity index (χ0) is 21.3. The van der Waals surface area contributed by atoms with E-state index >= 15 is 0 Å². The van der Waals surface area contributed by atoms with Crippen molar-refractivity contribution in [1.82, 2.24) is 15.0 Å². The highest BCUT2D eigenvalue weighted by Gasteiger charge is 2.36. The first-order chi connectivity index (χ1) is 14.3. The smallest absolute Gasteiger partial charge is 0.416 e. The van der Waals surface area contributed by atoms with Crippen molar-refractivity contribution in [1.29, 1.82) is 0 Å². The number of alkyl halides is 3. The molecule has 0 radical (unpaired) electrons. The van der Waals surface area contributed by atoms with Gasteiger partial charge in [-0.15, -0.1) is 0 Å². The van der Waals surface area contributed by atoms with Gasteiger partial charge in [0.15, 0.2) is 0 Å². The summed E-state index contributed by atoms with van der Waals surface area (Å²) in [6.07, 6.45) is -3.52. The predicted octanol–water partition coefficient (Wildman–Crippen LogP) is 4.63. The fraction of sp³-hybridized carbons (Fsp3) is 0.286. The van der Waals surface area contributed by atoms with E-state index in [9.17, 15) is 18.0 Å². The van der Waals surface area contributed by atoms with Crippen molar-refractivity contribution in [3.05, 3.63) is 65.5 Å². The molecule has 0 spiro atoms. The fourth-order valence-electron chi connectivity index (χ4n) is 3.41. The molecule has 1 aromatic heterocycles. The second-order valence-corrected chi connectivity index (χ2v) is 6.96. The van der Waals surface area contributed by atoms with Crippen LogP contribution in [0.5, 0.6) is 5.75 Å². The molecule has 1 fully saturated rings. The van der Waals surface area contributed by atoms with E-state index < -0.39 is 11.7 Å². The molecule has 2 aromatic carbocycles. The lowest BCUT2D eigenvalue weighted by Gasteiger charge is -2.22. The first-order valence-corrected chi connectivity index (χ1v) is 9.29. The van der Waals surface area contributed by atoms with Gasteiger partial charge in [0.25, 0.3) is 0 Å². The Bertz CT molecular complexity index is 1030. The van der Waals surface area contributed by atoms with Crippen molar-refractivity contribution in [2.75, 3.05) is 7.11 Å². The Labute approximate surface area is 170 Å². The number of likely N-dealkylation sites (tertiary alicyclic amines) is 1. The molecule has 9 heteroatoms.